The van der Waals surface area contributed by atoms with Crippen molar-refractivity contribution in [1.29, 1.82) is 5.26 Å². The van der Waals surface area contributed by atoms with E-state index >= 15 is 0 Å². The van der Waals surface area contributed by atoms with Crippen molar-refractivity contribution in [3.05, 3.63) is 111 Å². The lowest BCUT2D eigenvalue weighted by atomic mass is 9.78. The molecule has 1 atom stereocenters. The molecule has 1 aromatic heterocycles. The van der Waals surface area contributed by atoms with Gasteiger partial charge >= 0.3 is 0 Å². The van der Waals surface area contributed by atoms with Crippen molar-refractivity contribution < 1.29 is 23.9 Å². The first kappa shape index (κ1) is 43.4. The molecule has 5 aliphatic heterocycles. The first-order chi connectivity index (χ1) is 30.9. The van der Waals surface area contributed by atoms with Crippen LogP contribution >= 0.6 is 11.6 Å². The second-order valence-electron chi connectivity index (χ2n) is 18.3. The summed E-state index contributed by atoms with van der Waals surface area (Å²) < 4.78 is 6.15. The van der Waals surface area contributed by atoms with Crippen LogP contribution in [0.4, 0.5) is 11.6 Å². The monoisotopic (exact) mass is 883 g/mol. The Kier molecular flexibility index (Phi) is 12.4. The van der Waals surface area contributed by atoms with Crippen LogP contribution in [0, 0.1) is 17.2 Å². The Morgan fingerprint density at radius 1 is 0.797 bits per heavy atom. The van der Waals surface area contributed by atoms with Crippen LogP contribution in [0.25, 0.3) is 0 Å². The lowest BCUT2D eigenvalue weighted by Gasteiger charge is -2.43. The van der Waals surface area contributed by atoms with E-state index < -0.39 is 23.8 Å². The number of carbonyl (C=O) groups is 4. The number of amides is 4. The highest BCUT2D eigenvalue weighted by atomic mass is 35.5. The molecule has 4 amide bonds. The highest BCUT2D eigenvalue weighted by Gasteiger charge is 2.45. The average molecular weight is 884 g/mol. The number of carbonyl (C=O) groups excluding carboxylic acids is 4. The number of ether oxygens (including phenoxy) is 1. The fourth-order valence-electron chi connectivity index (χ4n) is 10.1. The normalized spacial score (nSPS) is 20.7. The van der Waals surface area contributed by atoms with Crippen LogP contribution in [0.5, 0.6) is 5.75 Å². The number of fused-ring (bicyclic) bond motifs is 1. The van der Waals surface area contributed by atoms with Crippen LogP contribution in [0.2, 0.25) is 5.02 Å². The Morgan fingerprint density at radius 2 is 1.53 bits per heavy atom. The summed E-state index contributed by atoms with van der Waals surface area (Å²) in [7, 11) is 0. The molecule has 64 heavy (non-hydrogen) atoms. The van der Waals surface area contributed by atoms with Crippen molar-refractivity contribution >= 4 is 46.9 Å². The Morgan fingerprint density at radius 3 is 2.25 bits per heavy atom. The van der Waals surface area contributed by atoms with Gasteiger partial charge in [0.15, 0.2) is 0 Å². The molecule has 4 aromatic rings. The molecule has 0 radical (unpaired) electrons. The number of likely N-dealkylation sites (tertiary alicyclic amines) is 1. The van der Waals surface area contributed by atoms with Gasteiger partial charge in [-0.25, -0.2) is 9.97 Å². The number of halogens is 1. The number of piperazine rings is 1. The first-order valence-electron chi connectivity index (χ1n) is 22.5. The molecule has 15 heteroatoms. The fourth-order valence-corrected chi connectivity index (χ4v) is 10.3. The Hall–Kier alpha value is -5.88. The summed E-state index contributed by atoms with van der Waals surface area (Å²) in [6, 6.07) is 22.6. The first-order valence-corrected chi connectivity index (χ1v) is 22.9. The highest BCUT2D eigenvalue weighted by molar-refractivity contribution is 6.30. The molecule has 3 aromatic carbocycles. The summed E-state index contributed by atoms with van der Waals surface area (Å²) in [4.78, 5) is 71.0. The van der Waals surface area contributed by atoms with Gasteiger partial charge in [0.05, 0.1) is 28.5 Å². The SMILES string of the molecule is CC(C)(c1ccc(OCc2ccnc(N3CCN(CC4CCN(C5CCN(c6ccc7c(c6)C(=O)N(C6CCC(=O)NC6=O)C7=O)CC5)CC4)CC3)n2)cc1)c1cc(Cl)cc(C#N)c1. The molecule has 4 fully saturated rings. The molecule has 0 aliphatic carbocycles. The van der Waals surface area contributed by atoms with E-state index in [4.69, 9.17) is 21.3 Å². The average Bonchev–Trinajstić information content (AvgIpc) is 3.56. The van der Waals surface area contributed by atoms with Gasteiger partial charge in [0.25, 0.3) is 11.8 Å². The predicted octanol–water partition coefficient (Wildman–Crippen LogP) is 5.81. The number of nitriles is 1. The number of hydrogen-bond donors (Lipinski definition) is 1. The summed E-state index contributed by atoms with van der Waals surface area (Å²) in [6.07, 6.45) is 6.53. The van der Waals surface area contributed by atoms with Gasteiger partial charge in [-0.15, -0.1) is 0 Å². The minimum atomic E-state index is -0.962. The largest absolute Gasteiger partial charge is 0.487 e. The quantitative estimate of drug-likeness (QED) is 0.181. The van der Waals surface area contributed by atoms with E-state index in [0.717, 1.165) is 111 Å². The zero-order valence-electron chi connectivity index (χ0n) is 36.5. The number of rotatable bonds is 11. The summed E-state index contributed by atoms with van der Waals surface area (Å²) in [5.74, 6) is 0.257. The van der Waals surface area contributed by atoms with Crippen LogP contribution in [0.1, 0.15) is 95.5 Å². The van der Waals surface area contributed by atoms with Crippen molar-refractivity contribution in [3.63, 3.8) is 0 Å². The van der Waals surface area contributed by atoms with Gasteiger partial charge in [-0.1, -0.05) is 37.6 Å². The highest BCUT2D eigenvalue weighted by Crippen LogP contribution is 2.36. The maximum Gasteiger partial charge on any atom is 0.262 e. The molecular weight excluding hydrogens is 830 g/mol. The third-order valence-corrected chi connectivity index (χ3v) is 14.2. The molecular formula is C49H54ClN9O5. The Labute approximate surface area is 379 Å². The number of hydrogen-bond acceptors (Lipinski definition) is 12. The van der Waals surface area contributed by atoms with Crippen molar-refractivity contribution in [1.82, 2.24) is 30.0 Å². The summed E-state index contributed by atoms with van der Waals surface area (Å²) in [5.41, 5.74) is 4.66. The van der Waals surface area contributed by atoms with Crippen LogP contribution in [0.15, 0.2) is 72.9 Å². The third kappa shape index (κ3) is 9.07. The van der Waals surface area contributed by atoms with Gasteiger partial charge in [-0.3, -0.25) is 34.3 Å². The molecule has 1 unspecified atom stereocenters. The molecule has 14 nitrogen and oxygen atoms in total. The lowest BCUT2D eigenvalue weighted by Crippen LogP contribution is -2.54. The van der Waals surface area contributed by atoms with Crippen molar-refractivity contribution in [2.45, 2.75) is 76.5 Å². The number of imide groups is 2. The third-order valence-electron chi connectivity index (χ3n) is 14.0. The Balaban J connectivity index is 0.697. The van der Waals surface area contributed by atoms with E-state index in [1.54, 1.807) is 18.2 Å². The van der Waals surface area contributed by atoms with E-state index in [1.807, 2.05) is 42.6 Å². The number of anilines is 2. The summed E-state index contributed by atoms with van der Waals surface area (Å²) in [6.45, 7) is 13.4. The van der Waals surface area contributed by atoms with E-state index in [2.05, 4.69) is 61.9 Å². The minimum absolute atomic E-state index is 0.101. The van der Waals surface area contributed by atoms with Crippen molar-refractivity contribution in [2.24, 2.45) is 5.92 Å². The summed E-state index contributed by atoms with van der Waals surface area (Å²) in [5, 5.41) is 12.2. The standard InChI is InChI=1S/C49H54ClN9O5/c1-49(2,35-25-33(29-51)26-36(50)27-35)34-3-6-40(7-4-34)64-31-37-11-16-52-48(53-37)58-23-21-55(22-24-58)30-32-12-17-56(18-13-32)38-14-19-57(20-15-38)39-5-8-41-42(28-39)47(63)59(46(41)62)43-9-10-44(60)54-45(43)61/h3-8,11,16,25-28,32,38,43H,9-10,12-15,17-24,30-31H2,1-2H3,(H,54,60,61). The van der Waals surface area contributed by atoms with E-state index in [0.29, 0.717) is 40.3 Å². The van der Waals surface area contributed by atoms with E-state index in [1.165, 1.54) is 12.8 Å². The van der Waals surface area contributed by atoms with Crippen molar-refractivity contribution in [2.75, 3.05) is 68.7 Å². The molecule has 5 aliphatic rings. The number of piperidine rings is 3. The van der Waals surface area contributed by atoms with Gasteiger partial charge in [0, 0.05) is 80.6 Å². The second kappa shape index (κ2) is 18.3. The zero-order valence-corrected chi connectivity index (χ0v) is 37.2. The van der Waals surface area contributed by atoms with Gasteiger partial charge in [0.1, 0.15) is 18.4 Å². The van der Waals surface area contributed by atoms with Crippen molar-refractivity contribution in [3.8, 4) is 11.8 Å². The zero-order chi connectivity index (χ0) is 44.5. The second-order valence-corrected chi connectivity index (χ2v) is 18.7. The molecule has 1 N–H and O–H groups in total. The maximum atomic E-state index is 13.4. The van der Waals surface area contributed by atoms with E-state index in [9.17, 15) is 24.4 Å². The van der Waals surface area contributed by atoms with Crippen LogP contribution in [-0.2, 0) is 21.6 Å². The predicted molar refractivity (Wildman–Crippen MR) is 242 cm³/mol. The molecule has 0 bridgehead atoms. The Bertz CT molecular complexity index is 2470. The lowest BCUT2D eigenvalue weighted by molar-refractivity contribution is -0.136. The fraction of sp³-hybridized carbons (Fsp3) is 0.449. The topological polar surface area (TPSA) is 155 Å². The van der Waals surface area contributed by atoms with Gasteiger partial charge < -0.3 is 19.4 Å². The summed E-state index contributed by atoms with van der Waals surface area (Å²) >= 11 is 6.31. The number of benzene rings is 3. The van der Waals surface area contributed by atoms with Crippen LogP contribution in [0.3, 0.4) is 0 Å². The number of nitrogens with zero attached hydrogens (tertiary/aromatic N) is 8. The van der Waals surface area contributed by atoms with Gasteiger partial charge in [0.2, 0.25) is 17.8 Å². The number of nitrogens with one attached hydrogen (secondary N) is 1. The molecule has 4 saturated heterocycles. The molecule has 0 spiro atoms. The van der Waals surface area contributed by atoms with E-state index in [-0.39, 0.29) is 24.2 Å². The molecule has 6 heterocycles. The van der Waals surface area contributed by atoms with Gasteiger partial charge in [-0.2, -0.15) is 5.26 Å². The molecule has 332 valence electrons. The van der Waals surface area contributed by atoms with Crippen LogP contribution < -0.4 is 19.9 Å². The minimum Gasteiger partial charge on any atom is -0.487 e. The van der Waals surface area contributed by atoms with Gasteiger partial charge in [-0.05, 0) is 117 Å². The molecule has 0 saturated carbocycles. The maximum absolute atomic E-state index is 13.4. The molecule has 9 rings (SSSR count). The number of aromatic nitrogens is 2. The smallest absolute Gasteiger partial charge is 0.262 e. The van der Waals surface area contributed by atoms with Crippen LogP contribution in [-0.4, -0.2) is 119 Å².